The van der Waals surface area contributed by atoms with Crippen LogP contribution in [0.3, 0.4) is 0 Å². The number of rotatable bonds is 12. The first-order chi connectivity index (χ1) is 17.4. The molecule has 0 aliphatic heterocycles. The van der Waals surface area contributed by atoms with Crippen LogP contribution in [0.5, 0.6) is 0 Å². The summed E-state index contributed by atoms with van der Waals surface area (Å²) in [6, 6.07) is 12.6. The van der Waals surface area contributed by atoms with Crippen LogP contribution in [0.15, 0.2) is 65.4 Å². The van der Waals surface area contributed by atoms with Crippen LogP contribution >= 0.6 is 0 Å². The molecule has 1 fully saturated rings. The number of hydrogen-bond acceptors (Lipinski definition) is 6. The van der Waals surface area contributed by atoms with Gasteiger partial charge in [0.25, 0.3) is 11.5 Å². The first-order valence-electron chi connectivity index (χ1n) is 12.7. The molecule has 36 heavy (non-hydrogen) atoms. The standard InChI is InChI=1S/C27H38N6O3/c28-24(27(36)30-19-22-11-5-2-6-12-22)20-33(29)15-8-7-14-32-16-13-23(18-26(32)35)31-25(34)17-21-9-3-1-4-10-21/h1,3-4,9-10,13,16,18,20,22H,2,5-8,11-12,14-15,17,19,28-29H2,(H,30,36)(H,31,34)/b24-20-. The highest BCUT2D eigenvalue weighted by atomic mass is 16.2. The Hall–Kier alpha value is -3.59. The summed E-state index contributed by atoms with van der Waals surface area (Å²) in [6.07, 6.45) is 10.9. The minimum atomic E-state index is -0.293. The Morgan fingerprint density at radius 1 is 1.08 bits per heavy atom. The number of carbonyl (C=O) groups is 2. The summed E-state index contributed by atoms with van der Waals surface area (Å²) in [6.45, 7) is 1.67. The zero-order valence-electron chi connectivity index (χ0n) is 20.8. The molecule has 9 nitrogen and oxygen atoms in total. The van der Waals surface area contributed by atoms with Crippen LogP contribution in [0.2, 0.25) is 0 Å². The van der Waals surface area contributed by atoms with Gasteiger partial charge in [-0.1, -0.05) is 49.6 Å². The molecule has 194 valence electrons. The zero-order chi connectivity index (χ0) is 25.8. The minimum Gasteiger partial charge on any atom is -0.393 e. The summed E-state index contributed by atoms with van der Waals surface area (Å²) in [5.41, 5.74) is 7.19. The molecule has 1 aliphatic rings. The number of carbonyl (C=O) groups excluding carboxylic acids is 2. The maximum absolute atomic E-state index is 12.4. The van der Waals surface area contributed by atoms with Gasteiger partial charge in [0.05, 0.1) is 6.42 Å². The number of amides is 2. The lowest BCUT2D eigenvalue weighted by Crippen LogP contribution is -2.36. The Labute approximate surface area is 212 Å². The summed E-state index contributed by atoms with van der Waals surface area (Å²) in [5.74, 6) is 6.04. The molecule has 0 atom stereocenters. The highest BCUT2D eigenvalue weighted by Gasteiger charge is 2.15. The van der Waals surface area contributed by atoms with Crippen LogP contribution in [0.4, 0.5) is 5.69 Å². The monoisotopic (exact) mass is 494 g/mol. The molecule has 1 heterocycles. The Balaban J connectivity index is 1.36. The van der Waals surface area contributed by atoms with Crippen molar-refractivity contribution < 1.29 is 9.59 Å². The molecule has 2 amide bonds. The van der Waals surface area contributed by atoms with E-state index in [2.05, 4.69) is 10.6 Å². The molecule has 1 aromatic heterocycles. The van der Waals surface area contributed by atoms with Gasteiger partial charge < -0.3 is 25.9 Å². The summed E-state index contributed by atoms with van der Waals surface area (Å²) < 4.78 is 1.59. The molecule has 0 spiro atoms. The molecular weight excluding hydrogens is 456 g/mol. The van der Waals surface area contributed by atoms with E-state index in [-0.39, 0.29) is 29.5 Å². The normalized spacial score (nSPS) is 14.3. The van der Waals surface area contributed by atoms with Gasteiger partial charge in [0.1, 0.15) is 5.70 Å². The van der Waals surface area contributed by atoms with E-state index in [0.717, 1.165) is 24.8 Å². The molecule has 0 unspecified atom stereocenters. The molecule has 3 rings (SSSR count). The van der Waals surface area contributed by atoms with Crippen molar-refractivity contribution in [2.24, 2.45) is 17.5 Å². The molecule has 0 bridgehead atoms. The number of anilines is 1. The fraction of sp³-hybridized carbons (Fsp3) is 0.444. The number of hydrogen-bond donors (Lipinski definition) is 4. The second kappa shape index (κ2) is 14.1. The van der Waals surface area contributed by atoms with Crippen molar-refractivity contribution in [2.45, 2.75) is 57.9 Å². The third-order valence-corrected chi connectivity index (χ3v) is 6.40. The van der Waals surface area contributed by atoms with Crippen LogP contribution in [-0.4, -0.2) is 34.5 Å². The van der Waals surface area contributed by atoms with Gasteiger partial charge in [0, 0.05) is 43.8 Å². The van der Waals surface area contributed by atoms with Gasteiger partial charge in [-0.15, -0.1) is 0 Å². The Bertz CT molecular complexity index is 1080. The maximum atomic E-state index is 12.4. The third-order valence-electron chi connectivity index (χ3n) is 6.40. The third kappa shape index (κ3) is 9.22. The fourth-order valence-corrected chi connectivity index (χ4v) is 4.37. The molecule has 0 saturated heterocycles. The first-order valence-corrected chi connectivity index (χ1v) is 12.7. The lowest BCUT2D eigenvalue weighted by molar-refractivity contribution is -0.118. The van der Waals surface area contributed by atoms with E-state index in [1.54, 1.807) is 16.8 Å². The van der Waals surface area contributed by atoms with Gasteiger partial charge in [0.15, 0.2) is 0 Å². The van der Waals surface area contributed by atoms with E-state index < -0.39 is 0 Å². The molecule has 9 heteroatoms. The predicted octanol–water partition coefficient (Wildman–Crippen LogP) is 2.48. The number of aromatic nitrogens is 1. The number of pyridine rings is 1. The number of benzene rings is 1. The van der Waals surface area contributed by atoms with Crippen LogP contribution in [0.25, 0.3) is 0 Å². The van der Waals surface area contributed by atoms with E-state index in [4.69, 9.17) is 11.6 Å². The van der Waals surface area contributed by atoms with Crippen molar-refractivity contribution in [1.29, 1.82) is 0 Å². The van der Waals surface area contributed by atoms with Gasteiger partial charge in [0.2, 0.25) is 5.91 Å². The fourth-order valence-electron chi connectivity index (χ4n) is 4.37. The second-order valence-corrected chi connectivity index (χ2v) is 9.40. The molecule has 1 saturated carbocycles. The van der Waals surface area contributed by atoms with E-state index in [1.165, 1.54) is 36.5 Å². The minimum absolute atomic E-state index is 0.0921. The molecule has 2 aromatic rings. The van der Waals surface area contributed by atoms with E-state index in [9.17, 15) is 14.4 Å². The Morgan fingerprint density at radius 2 is 1.83 bits per heavy atom. The van der Waals surface area contributed by atoms with Gasteiger partial charge >= 0.3 is 0 Å². The van der Waals surface area contributed by atoms with Gasteiger partial charge in [-0.2, -0.15) is 0 Å². The number of unbranched alkanes of at least 4 members (excludes halogenated alkanes) is 1. The van der Waals surface area contributed by atoms with Crippen LogP contribution < -0.4 is 27.8 Å². The topological polar surface area (TPSA) is 135 Å². The number of nitrogens with one attached hydrogen (secondary N) is 2. The average Bonchev–Trinajstić information content (AvgIpc) is 2.87. The molecule has 6 N–H and O–H groups in total. The summed E-state index contributed by atoms with van der Waals surface area (Å²) in [7, 11) is 0. The maximum Gasteiger partial charge on any atom is 0.268 e. The molecule has 1 aromatic carbocycles. The average molecular weight is 495 g/mol. The van der Waals surface area contributed by atoms with Crippen molar-refractivity contribution in [3.63, 3.8) is 0 Å². The number of nitrogens with zero attached hydrogens (tertiary/aromatic N) is 2. The highest BCUT2D eigenvalue weighted by molar-refractivity contribution is 5.92. The van der Waals surface area contributed by atoms with Crippen molar-refractivity contribution >= 4 is 17.5 Å². The SMILES string of the molecule is N/C(=C\N(N)CCCCn1ccc(NC(=O)Cc2ccccc2)cc1=O)C(=O)NCC1CCCCC1. The van der Waals surface area contributed by atoms with Gasteiger partial charge in [-0.3, -0.25) is 14.4 Å². The van der Waals surface area contributed by atoms with Gasteiger partial charge in [-0.05, 0) is 43.2 Å². The lowest BCUT2D eigenvalue weighted by Gasteiger charge is -2.22. The smallest absolute Gasteiger partial charge is 0.268 e. The summed E-state index contributed by atoms with van der Waals surface area (Å²) in [4.78, 5) is 36.8. The van der Waals surface area contributed by atoms with Crippen molar-refractivity contribution in [3.05, 3.63) is 76.5 Å². The van der Waals surface area contributed by atoms with Crippen molar-refractivity contribution in [2.75, 3.05) is 18.4 Å². The summed E-state index contributed by atoms with van der Waals surface area (Å²) >= 11 is 0. The quantitative estimate of drug-likeness (QED) is 0.155. The van der Waals surface area contributed by atoms with Crippen LogP contribution in [-0.2, 0) is 22.6 Å². The predicted molar refractivity (Wildman–Crippen MR) is 141 cm³/mol. The second-order valence-electron chi connectivity index (χ2n) is 9.40. The number of nitrogens with two attached hydrogens (primary N) is 2. The Morgan fingerprint density at radius 3 is 2.56 bits per heavy atom. The van der Waals surface area contributed by atoms with E-state index >= 15 is 0 Å². The number of hydrazine groups is 1. The largest absolute Gasteiger partial charge is 0.393 e. The van der Waals surface area contributed by atoms with Crippen LogP contribution in [0.1, 0.15) is 50.5 Å². The van der Waals surface area contributed by atoms with Crippen molar-refractivity contribution in [3.8, 4) is 0 Å². The first kappa shape index (κ1) is 27.0. The number of aryl methyl sites for hydroxylation is 1. The zero-order valence-corrected chi connectivity index (χ0v) is 20.8. The van der Waals surface area contributed by atoms with Gasteiger partial charge in [-0.25, -0.2) is 5.84 Å². The van der Waals surface area contributed by atoms with Crippen molar-refractivity contribution in [1.82, 2.24) is 14.9 Å². The molecule has 1 aliphatic carbocycles. The highest BCUT2D eigenvalue weighted by Crippen LogP contribution is 2.22. The molecule has 0 radical (unpaired) electrons. The lowest BCUT2D eigenvalue weighted by atomic mass is 9.89. The van der Waals surface area contributed by atoms with Crippen LogP contribution in [0, 0.1) is 5.92 Å². The molecular formula is C27H38N6O3. The van der Waals surface area contributed by atoms with E-state index in [1.807, 2.05) is 30.3 Å². The van der Waals surface area contributed by atoms with E-state index in [0.29, 0.717) is 37.7 Å². The Kier molecular flexibility index (Phi) is 10.6. The summed E-state index contributed by atoms with van der Waals surface area (Å²) in [5, 5.41) is 7.08.